The number of nitrogens with zero attached hydrogens (tertiary/aromatic N) is 4. The quantitative estimate of drug-likeness (QED) is 0.719. The van der Waals surface area contributed by atoms with Gasteiger partial charge in [0, 0.05) is 49.8 Å². The van der Waals surface area contributed by atoms with Crippen LogP contribution in [0.15, 0.2) is 59.7 Å². The monoisotopic (exact) mass is 407 g/mol. The van der Waals surface area contributed by atoms with Crippen LogP contribution in [0.1, 0.15) is 12.8 Å². The lowest BCUT2D eigenvalue weighted by Crippen LogP contribution is -2.43. The molecule has 1 aliphatic rings. The molecular formula is C22H22FN5O2. The Balaban J connectivity index is 1.56. The summed E-state index contributed by atoms with van der Waals surface area (Å²) in [5, 5.41) is 2.79. The Morgan fingerprint density at radius 3 is 2.77 bits per heavy atom. The molecule has 3 heterocycles. The topological polar surface area (TPSA) is 80.1 Å². The molecular weight excluding hydrogens is 385 g/mol. The standard InChI is InChI=1S/C22H22FN5O2/c1-27-20(29)13-19(15-7-9-24-10-8-15)26-22(27)28-11-3-4-16(14-28)21(30)25-18-6-2-5-17(23)12-18/h2,5-10,12-13,16H,3-4,11,14H2,1H3,(H,25,30). The van der Waals surface area contributed by atoms with Gasteiger partial charge < -0.3 is 10.2 Å². The van der Waals surface area contributed by atoms with Crippen LogP contribution in [0.3, 0.4) is 0 Å². The van der Waals surface area contributed by atoms with Crippen LogP contribution in [0.4, 0.5) is 16.0 Å². The predicted molar refractivity (Wildman–Crippen MR) is 113 cm³/mol. The molecule has 0 radical (unpaired) electrons. The molecule has 0 spiro atoms. The van der Waals surface area contributed by atoms with Crippen molar-refractivity contribution < 1.29 is 9.18 Å². The average Bonchev–Trinajstić information content (AvgIpc) is 2.76. The van der Waals surface area contributed by atoms with Crippen molar-refractivity contribution in [3.63, 3.8) is 0 Å². The summed E-state index contributed by atoms with van der Waals surface area (Å²) in [6.45, 7) is 1.13. The first-order chi connectivity index (χ1) is 14.5. The molecule has 1 fully saturated rings. The molecule has 2 aromatic heterocycles. The molecule has 8 heteroatoms. The van der Waals surface area contributed by atoms with E-state index in [4.69, 9.17) is 4.98 Å². The number of aromatic nitrogens is 3. The Morgan fingerprint density at radius 1 is 1.20 bits per heavy atom. The molecule has 1 amide bonds. The molecule has 1 saturated heterocycles. The van der Waals surface area contributed by atoms with Crippen molar-refractivity contribution in [1.29, 1.82) is 0 Å². The maximum absolute atomic E-state index is 13.4. The van der Waals surface area contributed by atoms with Crippen LogP contribution in [0.2, 0.25) is 0 Å². The molecule has 3 aromatic rings. The third-order valence-corrected chi connectivity index (χ3v) is 5.25. The second-order valence-corrected chi connectivity index (χ2v) is 7.36. The molecule has 1 aliphatic heterocycles. The Kier molecular flexibility index (Phi) is 5.56. The van der Waals surface area contributed by atoms with Crippen molar-refractivity contribution >= 4 is 17.5 Å². The number of hydrogen-bond donors (Lipinski definition) is 1. The fourth-order valence-electron chi connectivity index (χ4n) is 3.66. The smallest absolute Gasteiger partial charge is 0.255 e. The van der Waals surface area contributed by atoms with Crippen LogP contribution >= 0.6 is 0 Å². The normalized spacial score (nSPS) is 16.3. The van der Waals surface area contributed by atoms with Gasteiger partial charge in [0.25, 0.3) is 5.56 Å². The van der Waals surface area contributed by atoms with Crippen LogP contribution < -0.4 is 15.8 Å². The number of rotatable bonds is 4. The van der Waals surface area contributed by atoms with Gasteiger partial charge in [-0.1, -0.05) is 6.07 Å². The summed E-state index contributed by atoms with van der Waals surface area (Å²) in [6.07, 6.45) is 4.82. The number of amides is 1. The van der Waals surface area contributed by atoms with Crippen molar-refractivity contribution in [2.45, 2.75) is 12.8 Å². The van der Waals surface area contributed by atoms with E-state index >= 15 is 0 Å². The number of piperidine rings is 1. The van der Waals surface area contributed by atoms with Crippen molar-refractivity contribution in [2.24, 2.45) is 13.0 Å². The number of anilines is 2. The number of carbonyl (C=O) groups is 1. The van der Waals surface area contributed by atoms with Crippen LogP contribution in [-0.4, -0.2) is 33.5 Å². The average molecular weight is 407 g/mol. The van der Waals surface area contributed by atoms with Gasteiger partial charge in [0.2, 0.25) is 11.9 Å². The van der Waals surface area contributed by atoms with E-state index in [0.29, 0.717) is 30.4 Å². The summed E-state index contributed by atoms with van der Waals surface area (Å²) in [6, 6.07) is 10.9. The maximum atomic E-state index is 13.4. The highest BCUT2D eigenvalue weighted by atomic mass is 19.1. The number of carbonyl (C=O) groups excluding carboxylic acids is 1. The van der Waals surface area contributed by atoms with Crippen molar-refractivity contribution in [3.8, 4) is 11.3 Å². The predicted octanol–water partition coefficient (Wildman–Crippen LogP) is 2.84. The summed E-state index contributed by atoms with van der Waals surface area (Å²) in [7, 11) is 1.68. The lowest BCUT2D eigenvalue weighted by atomic mass is 9.97. The number of halogens is 1. The summed E-state index contributed by atoms with van der Waals surface area (Å²) < 4.78 is 14.9. The summed E-state index contributed by atoms with van der Waals surface area (Å²) >= 11 is 0. The minimum Gasteiger partial charge on any atom is -0.341 e. The molecule has 0 bridgehead atoms. The van der Waals surface area contributed by atoms with Gasteiger partial charge in [-0.05, 0) is 43.2 Å². The lowest BCUT2D eigenvalue weighted by molar-refractivity contribution is -0.120. The lowest BCUT2D eigenvalue weighted by Gasteiger charge is -2.33. The van der Waals surface area contributed by atoms with Gasteiger partial charge in [0.1, 0.15) is 5.82 Å². The number of hydrogen-bond acceptors (Lipinski definition) is 5. The first-order valence-electron chi connectivity index (χ1n) is 9.81. The van der Waals surface area contributed by atoms with Crippen molar-refractivity contribution in [1.82, 2.24) is 14.5 Å². The molecule has 7 nitrogen and oxygen atoms in total. The minimum absolute atomic E-state index is 0.166. The highest BCUT2D eigenvalue weighted by molar-refractivity contribution is 5.93. The van der Waals surface area contributed by atoms with E-state index in [-0.39, 0.29) is 17.4 Å². The third kappa shape index (κ3) is 4.22. The number of pyridine rings is 1. The van der Waals surface area contributed by atoms with Gasteiger partial charge in [0.05, 0.1) is 11.6 Å². The molecule has 1 aromatic carbocycles. The van der Waals surface area contributed by atoms with E-state index in [1.165, 1.54) is 22.8 Å². The molecule has 1 N–H and O–H groups in total. The molecule has 154 valence electrons. The Morgan fingerprint density at radius 2 is 2.00 bits per heavy atom. The number of benzene rings is 1. The summed E-state index contributed by atoms with van der Waals surface area (Å²) in [5.74, 6) is -0.327. The fraction of sp³-hybridized carbons (Fsp3) is 0.273. The highest BCUT2D eigenvalue weighted by Gasteiger charge is 2.28. The summed E-state index contributed by atoms with van der Waals surface area (Å²) in [5.41, 5.74) is 1.64. The van der Waals surface area contributed by atoms with E-state index in [2.05, 4.69) is 10.3 Å². The Bertz CT molecular complexity index is 1120. The van der Waals surface area contributed by atoms with Crippen LogP contribution in [0, 0.1) is 11.7 Å². The zero-order chi connectivity index (χ0) is 21.1. The van der Waals surface area contributed by atoms with Gasteiger partial charge in [-0.2, -0.15) is 0 Å². The van der Waals surface area contributed by atoms with E-state index in [1.54, 1.807) is 43.7 Å². The highest BCUT2D eigenvalue weighted by Crippen LogP contribution is 2.24. The van der Waals surface area contributed by atoms with Gasteiger partial charge in [0.15, 0.2) is 0 Å². The SMILES string of the molecule is Cn1c(N2CCCC(C(=O)Nc3cccc(F)c3)C2)nc(-c2ccncc2)cc1=O. The maximum Gasteiger partial charge on any atom is 0.255 e. The van der Waals surface area contributed by atoms with Crippen LogP contribution in [-0.2, 0) is 11.8 Å². The first-order valence-corrected chi connectivity index (χ1v) is 9.81. The zero-order valence-corrected chi connectivity index (χ0v) is 16.6. The minimum atomic E-state index is -0.398. The molecule has 4 rings (SSSR count). The van der Waals surface area contributed by atoms with E-state index in [9.17, 15) is 14.0 Å². The zero-order valence-electron chi connectivity index (χ0n) is 16.6. The second kappa shape index (κ2) is 8.44. The van der Waals surface area contributed by atoms with Gasteiger partial charge in [-0.15, -0.1) is 0 Å². The second-order valence-electron chi connectivity index (χ2n) is 7.36. The van der Waals surface area contributed by atoms with Crippen LogP contribution in [0.25, 0.3) is 11.3 Å². The fourth-order valence-corrected chi connectivity index (χ4v) is 3.66. The van der Waals surface area contributed by atoms with Crippen molar-refractivity contribution in [2.75, 3.05) is 23.3 Å². The van der Waals surface area contributed by atoms with Crippen molar-refractivity contribution in [3.05, 3.63) is 71.0 Å². The van der Waals surface area contributed by atoms with E-state index < -0.39 is 5.82 Å². The largest absolute Gasteiger partial charge is 0.341 e. The summed E-state index contributed by atoms with van der Waals surface area (Å²) in [4.78, 5) is 35.9. The Labute approximate surface area is 173 Å². The molecule has 0 saturated carbocycles. The molecule has 1 unspecified atom stereocenters. The molecule has 0 aliphatic carbocycles. The van der Waals surface area contributed by atoms with Gasteiger partial charge in [-0.3, -0.25) is 19.1 Å². The van der Waals surface area contributed by atoms with Gasteiger partial charge in [-0.25, -0.2) is 9.37 Å². The Hall–Kier alpha value is -3.55. The van der Waals surface area contributed by atoms with Gasteiger partial charge >= 0.3 is 0 Å². The van der Waals surface area contributed by atoms with Crippen LogP contribution in [0.5, 0.6) is 0 Å². The third-order valence-electron chi connectivity index (χ3n) is 5.25. The van der Waals surface area contributed by atoms with E-state index in [1.807, 2.05) is 4.90 Å². The molecule has 30 heavy (non-hydrogen) atoms. The first kappa shape index (κ1) is 19.8. The number of nitrogens with one attached hydrogen (secondary N) is 1. The van der Waals surface area contributed by atoms with E-state index in [0.717, 1.165) is 18.4 Å². The molecule has 1 atom stereocenters.